The van der Waals surface area contributed by atoms with Crippen molar-refractivity contribution < 1.29 is 4.79 Å². The number of carbonyl (C=O) groups excluding carboxylic acids is 1. The number of nitrogens with zero attached hydrogens (tertiary/aromatic N) is 2. The molecular formula is C11H18N4O. The third kappa shape index (κ3) is 2.09. The van der Waals surface area contributed by atoms with Crippen LogP contribution in [-0.4, -0.2) is 46.7 Å². The Morgan fingerprint density at radius 3 is 2.75 bits per heavy atom. The highest BCUT2D eigenvalue weighted by atomic mass is 16.2. The molecule has 1 aromatic rings. The van der Waals surface area contributed by atoms with E-state index < -0.39 is 0 Å². The van der Waals surface area contributed by atoms with E-state index in [1.807, 2.05) is 11.9 Å². The lowest BCUT2D eigenvalue weighted by Gasteiger charge is -2.39. The number of carbonyl (C=O) groups is 1. The second kappa shape index (κ2) is 4.25. The fourth-order valence-corrected chi connectivity index (χ4v) is 2.00. The van der Waals surface area contributed by atoms with Crippen LogP contribution < -0.4 is 5.32 Å². The van der Waals surface area contributed by atoms with Crippen molar-refractivity contribution in [3.8, 4) is 0 Å². The molecule has 1 fully saturated rings. The third-order valence-electron chi connectivity index (χ3n) is 3.50. The van der Waals surface area contributed by atoms with Gasteiger partial charge < -0.3 is 10.2 Å². The van der Waals surface area contributed by atoms with Crippen molar-refractivity contribution in [2.75, 3.05) is 20.1 Å². The van der Waals surface area contributed by atoms with E-state index in [-0.39, 0.29) is 11.4 Å². The van der Waals surface area contributed by atoms with E-state index in [9.17, 15) is 4.79 Å². The molecule has 0 spiro atoms. The molecule has 0 aromatic carbocycles. The topological polar surface area (TPSA) is 61.0 Å². The molecule has 16 heavy (non-hydrogen) atoms. The number of rotatable bonds is 2. The summed E-state index contributed by atoms with van der Waals surface area (Å²) in [6.45, 7) is 3.81. The molecule has 0 radical (unpaired) electrons. The lowest BCUT2D eigenvalue weighted by molar-refractivity contribution is 0.0662. The van der Waals surface area contributed by atoms with Crippen LogP contribution in [0.2, 0.25) is 0 Å². The zero-order valence-electron chi connectivity index (χ0n) is 9.79. The van der Waals surface area contributed by atoms with Crippen LogP contribution >= 0.6 is 0 Å². The van der Waals surface area contributed by atoms with Crippen molar-refractivity contribution in [1.29, 1.82) is 0 Å². The number of hydrogen-bond donors (Lipinski definition) is 2. The van der Waals surface area contributed by atoms with Gasteiger partial charge >= 0.3 is 0 Å². The van der Waals surface area contributed by atoms with Crippen LogP contribution in [0.3, 0.4) is 0 Å². The molecule has 1 aliphatic heterocycles. The van der Waals surface area contributed by atoms with Gasteiger partial charge in [-0.2, -0.15) is 5.10 Å². The predicted molar refractivity (Wildman–Crippen MR) is 61.2 cm³/mol. The van der Waals surface area contributed by atoms with E-state index in [1.54, 1.807) is 12.4 Å². The minimum atomic E-state index is 0.0758. The maximum absolute atomic E-state index is 12.0. The number of likely N-dealkylation sites (tertiary alicyclic amines) is 1. The van der Waals surface area contributed by atoms with Gasteiger partial charge in [0.15, 0.2) is 0 Å². The van der Waals surface area contributed by atoms with E-state index in [0.717, 1.165) is 25.9 Å². The molecule has 1 aliphatic rings. The van der Waals surface area contributed by atoms with Crippen LogP contribution in [0.25, 0.3) is 0 Å². The summed E-state index contributed by atoms with van der Waals surface area (Å²) in [6.07, 6.45) is 5.21. The highest BCUT2D eigenvalue weighted by Crippen LogP contribution is 2.22. The molecule has 1 aromatic heterocycles. The first-order valence-electron chi connectivity index (χ1n) is 5.62. The highest BCUT2D eigenvalue weighted by Gasteiger charge is 2.30. The zero-order valence-corrected chi connectivity index (χ0v) is 9.79. The van der Waals surface area contributed by atoms with Gasteiger partial charge in [-0.05, 0) is 26.8 Å². The van der Waals surface area contributed by atoms with Gasteiger partial charge in [0, 0.05) is 24.8 Å². The monoisotopic (exact) mass is 222 g/mol. The standard InChI is InChI=1S/C11H18N4O/c1-11(12-2)3-5-15(6-4-11)10(16)9-7-13-14-8-9/h7-8,12H,3-6H2,1-2H3,(H,13,14). The van der Waals surface area contributed by atoms with Gasteiger partial charge in [0.1, 0.15) is 0 Å². The molecule has 0 saturated carbocycles. The first kappa shape index (κ1) is 11.1. The highest BCUT2D eigenvalue weighted by molar-refractivity contribution is 5.93. The Labute approximate surface area is 95.2 Å². The molecule has 0 bridgehead atoms. The second-order valence-corrected chi connectivity index (χ2v) is 4.59. The molecule has 2 N–H and O–H groups in total. The van der Waals surface area contributed by atoms with Crippen LogP contribution in [0.15, 0.2) is 12.4 Å². The van der Waals surface area contributed by atoms with Gasteiger partial charge in [0.05, 0.1) is 11.8 Å². The van der Waals surface area contributed by atoms with Crippen molar-refractivity contribution in [2.24, 2.45) is 0 Å². The molecule has 1 amide bonds. The Morgan fingerprint density at radius 1 is 1.56 bits per heavy atom. The second-order valence-electron chi connectivity index (χ2n) is 4.59. The van der Waals surface area contributed by atoms with Crippen LogP contribution in [0.1, 0.15) is 30.1 Å². The number of amides is 1. The molecule has 88 valence electrons. The molecule has 0 unspecified atom stereocenters. The minimum Gasteiger partial charge on any atom is -0.338 e. The van der Waals surface area contributed by atoms with Crippen molar-refractivity contribution in [3.05, 3.63) is 18.0 Å². The Hall–Kier alpha value is -1.36. The summed E-state index contributed by atoms with van der Waals surface area (Å²) >= 11 is 0. The summed E-state index contributed by atoms with van der Waals surface area (Å²) in [5.74, 6) is 0.0758. The Bertz CT molecular complexity index is 352. The Morgan fingerprint density at radius 2 is 2.25 bits per heavy atom. The van der Waals surface area contributed by atoms with E-state index in [0.29, 0.717) is 5.56 Å². The van der Waals surface area contributed by atoms with E-state index in [2.05, 4.69) is 22.4 Å². The number of aromatic nitrogens is 2. The first-order valence-corrected chi connectivity index (χ1v) is 5.62. The maximum Gasteiger partial charge on any atom is 0.257 e. The van der Waals surface area contributed by atoms with Gasteiger partial charge in [-0.1, -0.05) is 0 Å². The molecule has 5 nitrogen and oxygen atoms in total. The molecule has 2 heterocycles. The lowest BCUT2D eigenvalue weighted by Crippen LogP contribution is -2.51. The molecule has 5 heteroatoms. The molecule has 2 rings (SSSR count). The molecule has 0 atom stereocenters. The smallest absolute Gasteiger partial charge is 0.257 e. The summed E-state index contributed by atoms with van der Waals surface area (Å²) in [6, 6.07) is 0. The van der Waals surface area contributed by atoms with Gasteiger partial charge in [0.25, 0.3) is 5.91 Å². The zero-order chi connectivity index (χ0) is 11.6. The summed E-state index contributed by atoms with van der Waals surface area (Å²) in [5.41, 5.74) is 0.820. The number of hydrogen-bond acceptors (Lipinski definition) is 3. The molecular weight excluding hydrogens is 204 g/mol. The van der Waals surface area contributed by atoms with Gasteiger partial charge in [-0.3, -0.25) is 9.89 Å². The van der Waals surface area contributed by atoms with Crippen LogP contribution in [-0.2, 0) is 0 Å². The predicted octanol–water partition coefficient (Wildman–Crippen LogP) is 0.624. The molecule has 1 saturated heterocycles. The van der Waals surface area contributed by atoms with E-state index >= 15 is 0 Å². The Balaban J connectivity index is 1.97. The summed E-state index contributed by atoms with van der Waals surface area (Å²) < 4.78 is 0. The van der Waals surface area contributed by atoms with Gasteiger partial charge in [-0.15, -0.1) is 0 Å². The number of H-pyrrole nitrogens is 1. The van der Waals surface area contributed by atoms with E-state index in [4.69, 9.17) is 0 Å². The SMILES string of the molecule is CNC1(C)CCN(C(=O)c2cn[nH]c2)CC1. The summed E-state index contributed by atoms with van der Waals surface area (Å²) in [7, 11) is 1.98. The average Bonchev–Trinajstić information content (AvgIpc) is 2.83. The number of piperidine rings is 1. The van der Waals surface area contributed by atoms with Crippen molar-refractivity contribution in [2.45, 2.75) is 25.3 Å². The summed E-state index contributed by atoms with van der Waals surface area (Å²) in [4.78, 5) is 13.9. The number of nitrogens with one attached hydrogen (secondary N) is 2. The first-order chi connectivity index (χ1) is 7.64. The third-order valence-corrected chi connectivity index (χ3v) is 3.50. The average molecular weight is 222 g/mol. The van der Waals surface area contributed by atoms with Crippen molar-refractivity contribution in [3.63, 3.8) is 0 Å². The minimum absolute atomic E-state index is 0.0758. The van der Waals surface area contributed by atoms with Crippen LogP contribution in [0.5, 0.6) is 0 Å². The fraction of sp³-hybridized carbons (Fsp3) is 0.636. The van der Waals surface area contributed by atoms with Crippen LogP contribution in [0, 0.1) is 0 Å². The quantitative estimate of drug-likeness (QED) is 0.771. The summed E-state index contributed by atoms with van der Waals surface area (Å²) in [5, 5.41) is 9.78. The fourth-order valence-electron chi connectivity index (χ4n) is 2.00. The normalized spacial score (nSPS) is 19.8. The van der Waals surface area contributed by atoms with Gasteiger partial charge in [-0.25, -0.2) is 0 Å². The van der Waals surface area contributed by atoms with Crippen molar-refractivity contribution in [1.82, 2.24) is 20.4 Å². The van der Waals surface area contributed by atoms with E-state index in [1.165, 1.54) is 0 Å². The largest absolute Gasteiger partial charge is 0.338 e. The molecule has 0 aliphatic carbocycles. The number of aromatic amines is 1. The Kier molecular flexibility index (Phi) is 2.96. The van der Waals surface area contributed by atoms with Crippen molar-refractivity contribution >= 4 is 5.91 Å². The van der Waals surface area contributed by atoms with Crippen LogP contribution in [0.4, 0.5) is 0 Å². The lowest BCUT2D eigenvalue weighted by atomic mass is 9.90. The van der Waals surface area contributed by atoms with Gasteiger partial charge in [0.2, 0.25) is 0 Å². The maximum atomic E-state index is 12.0.